The first kappa shape index (κ1) is 22.9. The number of benzene rings is 1. The van der Waals surface area contributed by atoms with E-state index in [9.17, 15) is 13.2 Å². The van der Waals surface area contributed by atoms with E-state index < -0.39 is 15.7 Å². The van der Waals surface area contributed by atoms with Crippen LogP contribution in [0.4, 0.5) is 5.13 Å². The Hall–Kier alpha value is -3.91. The number of aromatic nitrogens is 5. The number of fused-ring (bicyclic) bond motifs is 1. The highest BCUT2D eigenvalue weighted by atomic mass is 32.2. The molecule has 14 heteroatoms. The van der Waals surface area contributed by atoms with Crippen molar-refractivity contribution in [3.05, 3.63) is 54.1 Å². The number of aromatic amines is 1. The van der Waals surface area contributed by atoms with Gasteiger partial charge in [0.1, 0.15) is 16.7 Å². The number of thiazole rings is 1. The van der Waals surface area contributed by atoms with Crippen molar-refractivity contribution in [2.45, 2.75) is 29.6 Å². The normalized spacial score (nSPS) is 14.1. The fraction of sp³-hybridized carbons (Fsp3) is 0.238. The van der Waals surface area contributed by atoms with E-state index >= 15 is 0 Å². The van der Waals surface area contributed by atoms with Crippen LogP contribution in [0.3, 0.4) is 0 Å². The van der Waals surface area contributed by atoms with Gasteiger partial charge in [0, 0.05) is 11.6 Å². The minimum atomic E-state index is -3.36. The Morgan fingerprint density at radius 3 is 2.69 bits per heavy atom. The Labute approximate surface area is 203 Å². The van der Waals surface area contributed by atoms with Crippen LogP contribution in [0.15, 0.2) is 52.8 Å². The Bertz CT molecular complexity index is 1490. The van der Waals surface area contributed by atoms with Gasteiger partial charge in [0.15, 0.2) is 33.1 Å². The Morgan fingerprint density at radius 2 is 2.00 bits per heavy atom. The molecule has 5 rings (SSSR count). The molecule has 1 amide bonds. The molecule has 0 bridgehead atoms. The zero-order chi connectivity index (χ0) is 24.4. The lowest BCUT2D eigenvalue weighted by Gasteiger charge is -2.08. The molecule has 12 nitrogen and oxygen atoms in total. The molecule has 180 valence electrons. The molecule has 4 aromatic rings. The summed E-state index contributed by atoms with van der Waals surface area (Å²) in [6.07, 6.45) is 2.65. The van der Waals surface area contributed by atoms with E-state index in [4.69, 9.17) is 9.57 Å². The zero-order valence-electron chi connectivity index (χ0n) is 18.3. The number of carbonyl (C=O) groups excluding carboxylic acids is 1. The van der Waals surface area contributed by atoms with Crippen molar-refractivity contribution in [3.63, 3.8) is 0 Å². The molecule has 0 unspecified atom stereocenters. The van der Waals surface area contributed by atoms with Gasteiger partial charge in [0.25, 0.3) is 5.91 Å². The van der Waals surface area contributed by atoms with Crippen LogP contribution in [0.1, 0.15) is 24.2 Å². The molecule has 0 radical (unpaired) electrons. The van der Waals surface area contributed by atoms with Crippen LogP contribution in [0.2, 0.25) is 0 Å². The number of pyridine rings is 1. The second-order valence-corrected chi connectivity index (χ2v) is 10.8. The molecular formula is C21H19N7O5S2. The number of nitrogens with zero attached hydrogens (tertiary/aromatic N) is 5. The number of anilines is 1. The molecule has 0 aliphatic heterocycles. The van der Waals surface area contributed by atoms with Gasteiger partial charge in [-0.3, -0.25) is 15.2 Å². The van der Waals surface area contributed by atoms with E-state index in [1.165, 1.54) is 49.0 Å². The van der Waals surface area contributed by atoms with Crippen molar-refractivity contribution >= 4 is 48.3 Å². The zero-order valence-corrected chi connectivity index (χ0v) is 20.0. The molecule has 0 atom stereocenters. The number of hydrogen-bond acceptors (Lipinski definition) is 11. The number of oxime groups is 1. The number of hydrogen-bond donors (Lipinski definition) is 2. The Morgan fingerprint density at radius 1 is 1.20 bits per heavy atom. The lowest BCUT2D eigenvalue weighted by atomic mass is 10.1. The molecule has 3 aromatic heterocycles. The van der Waals surface area contributed by atoms with Gasteiger partial charge in [-0.15, -0.1) is 0 Å². The molecule has 0 spiro atoms. The van der Waals surface area contributed by atoms with E-state index in [0.717, 1.165) is 0 Å². The third-order valence-electron chi connectivity index (χ3n) is 5.12. The maximum Gasteiger partial charge on any atom is 0.280 e. The van der Waals surface area contributed by atoms with Crippen LogP contribution >= 0.6 is 11.3 Å². The molecule has 1 fully saturated rings. The highest BCUT2D eigenvalue weighted by molar-refractivity contribution is 7.92. The molecule has 1 aliphatic carbocycles. The van der Waals surface area contributed by atoms with Gasteiger partial charge in [-0.1, -0.05) is 28.6 Å². The number of ether oxygens (including phenoxy) is 1. The molecule has 1 aliphatic rings. The number of rotatable bonds is 9. The third-order valence-corrected chi connectivity index (χ3v) is 8.27. The summed E-state index contributed by atoms with van der Waals surface area (Å²) in [6, 6.07) is 9.40. The molecule has 2 N–H and O–H groups in total. The highest BCUT2D eigenvalue weighted by Crippen LogP contribution is 2.33. The van der Waals surface area contributed by atoms with Crippen LogP contribution in [0.5, 0.6) is 5.88 Å². The molecule has 1 aromatic carbocycles. The van der Waals surface area contributed by atoms with Crippen LogP contribution < -0.4 is 10.1 Å². The number of methoxy groups -OCH3 is 1. The van der Waals surface area contributed by atoms with Crippen molar-refractivity contribution in [2.75, 3.05) is 12.4 Å². The fourth-order valence-corrected chi connectivity index (χ4v) is 5.66. The second-order valence-electron chi connectivity index (χ2n) is 7.57. The van der Waals surface area contributed by atoms with Gasteiger partial charge in [-0.25, -0.2) is 23.4 Å². The van der Waals surface area contributed by atoms with Crippen molar-refractivity contribution in [2.24, 2.45) is 5.16 Å². The van der Waals surface area contributed by atoms with Crippen LogP contribution in [0, 0.1) is 0 Å². The summed E-state index contributed by atoms with van der Waals surface area (Å²) in [7, 11) is -1.85. The van der Waals surface area contributed by atoms with E-state index in [-0.39, 0.29) is 22.5 Å². The van der Waals surface area contributed by atoms with Gasteiger partial charge in [-0.2, -0.15) is 5.10 Å². The number of sulfone groups is 1. The summed E-state index contributed by atoms with van der Waals surface area (Å²) in [4.78, 5) is 31.9. The largest absolute Gasteiger partial charge is 0.481 e. The van der Waals surface area contributed by atoms with E-state index in [2.05, 4.69) is 35.6 Å². The SMILES string of the molecule is COc1ccc2nc(NC(=O)C(=NOCc3ncn[nH]3)c3ccc(S(=O)(=O)C4CC4)cc3)sc2n1. The number of nitrogens with one attached hydrogen (secondary N) is 2. The quantitative estimate of drug-likeness (QED) is 0.253. The van der Waals surface area contributed by atoms with Gasteiger partial charge < -0.3 is 9.57 Å². The van der Waals surface area contributed by atoms with Gasteiger partial charge >= 0.3 is 0 Å². The molecule has 0 saturated heterocycles. The third kappa shape index (κ3) is 4.97. The van der Waals surface area contributed by atoms with Crippen molar-refractivity contribution in [3.8, 4) is 5.88 Å². The van der Waals surface area contributed by atoms with Crippen molar-refractivity contribution in [1.29, 1.82) is 0 Å². The second kappa shape index (κ2) is 9.38. The lowest BCUT2D eigenvalue weighted by Crippen LogP contribution is -2.24. The first-order chi connectivity index (χ1) is 16.9. The van der Waals surface area contributed by atoms with Gasteiger partial charge in [0.2, 0.25) is 5.88 Å². The van der Waals surface area contributed by atoms with Crippen LogP contribution in [-0.2, 0) is 26.1 Å². The first-order valence-electron chi connectivity index (χ1n) is 10.5. The molecule has 1 saturated carbocycles. The van der Waals surface area contributed by atoms with E-state index in [1.807, 2.05) is 0 Å². The van der Waals surface area contributed by atoms with E-state index in [1.54, 1.807) is 12.1 Å². The summed E-state index contributed by atoms with van der Waals surface area (Å²) in [5.74, 6) is 0.264. The summed E-state index contributed by atoms with van der Waals surface area (Å²) < 4.78 is 30.2. The maximum absolute atomic E-state index is 13.2. The summed E-state index contributed by atoms with van der Waals surface area (Å²) >= 11 is 1.17. The number of H-pyrrole nitrogens is 1. The topological polar surface area (TPSA) is 161 Å². The minimum absolute atomic E-state index is 0.0459. The molecule has 35 heavy (non-hydrogen) atoms. The summed E-state index contributed by atoms with van der Waals surface area (Å²) in [5, 5.41) is 13.0. The Kier molecular flexibility index (Phi) is 6.13. The molecular weight excluding hydrogens is 494 g/mol. The predicted octanol–water partition coefficient (Wildman–Crippen LogP) is 2.31. The van der Waals surface area contributed by atoms with Gasteiger partial charge in [-0.05, 0) is 31.0 Å². The predicted molar refractivity (Wildman–Crippen MR) is 127 cm³/mol. The maximum atomic E-state index is 13.2. The average Bonchev–Trinajstić information content (AvgIpc) is 3.46. The average molecular weight is 514 g/mol. The van der Waals surface area contributed by atoms with Crippen molar-refractivity contribution < 1.29 is 22.8 Å². The van der Waals surface area contributed by atoms with Crippen LogP contribution in [-0.4, -0.2) is 57.5 Å². The van der Waals surface area contributed by atoms with Gasteiger partial charge in [0.05, 0.1) is 17.3 Å². The van der Waals surface area contributed by atoms with Crippen LogP contribution in [0.25, 0.3) is 10.3 Å². The fourth-order valence-electron chi connectivity index (χ4n) is 3.18. The standard InChI is InChI=1S/C21H19N7O5S2/c1-32-17-9-8-15-20(25-17)34-21(24-15)26-19(29)18(28-33-10-16-22-11-23-27-16)12-2-4-13(5-3-12)35(30,31)14-6-7-14/h2-5,8-9,11,14H,6-7,10H2,1H3,(H,22,23,27)(H,24,26,29). The minimum Gasteiger partial charge on any atom is -0.481 e. The number of carbonyl (C=O) groups is 1. The highest BCUT2D eigenvalue weighted by Gasteiger charge is 2.36. The first-order valence-corrected chi connectivity index (χ1v) is 12.8. The molecule has 3 heterocycles. The summed E-state index contributed by atoms with van der Waals surface area (Å²) in [6.45, 7) is -0.0459. The summed E-state index contributed by atoms with van der Waals surface area (Å²) in [5.41, 5.74) is 0.904. The Balaban J connectivity index is 1.40. The van der Waals surface area contributed by atoms with Crippen molar-refractivity contribution in [1.82, 2.24) is 25.1 Å². The number of amides is 1. The smallest absolute Gasteiger partial charge is 0.280 e. The lowest BCUT2D eigenvalue weighted by molar-refractivity contribution is -0.110. The van der Waals surface area contributed by atoms with E-state index in [0.29, 0.717) is 45.6 Å². The monoisotopic (exact) mass is 513 g/mol.